The molecule has 1 heterocycles. The summed E-state index contributed by atoms with van der Waals surface area (Å²) in [6, 6.07) is 1.74. The molecule has 0 aliphatic carbocycles. The minimum absolute atomic E-state index is 0. The highest BCUT2D eigenvalue weighted by Gasteiger charge is 1.91. The Bertz CT molecular complexity index is 205. The van der Waals surface area contributed by atoms with E-state index < -0.39 is 0 Å². The van der Waals surface area contributed by atoms with Crippen molar-refractivity contribution in [2.75, 3.05) is 5.73 Å². The maximum Gasteiger partial charge on any atom is 0.0390 e. The van der Waals surface area contributed by atoms with E-state index in [4.69, 9.17) is 11.5 Å². The van der Waals surface area contributed by atoms with E-state index in [0.29, 0.717) is 12.2 Å². The highest BCUT2D eigenvalue weighted by atomic mass is 35.5. The van der Waals surface area contributed by atoms with Crippen LogP contribution in [0.4, 0.5) is 5.69 Å². The summed E-state index contributed by atoms with van der Waals surface area (Å²) in [4.78, 5) is 3.86. The summed E-state index contributed by atoms with van der Waals surface area (Å²) in [6.45, 7) is 0.458. The van der Waals surface area contributed by atoms with E-state index in [-0.39, 0.29) is 24.8 Å². The van der Waals surface area contributed by atoms with Crippen molar-refractivity contribution in [2.24, 2.45) is 5.73 Å². The quantitative estimate of drug-likeness (QED) is 0.703. The molecule has 0 aromatic carbocycles. The van der Waals surface area contributed by atoms with Crippen molar-refractivity contribution < 1.29 is 0 Å². The van der Waals surface area contributed by atoms with Crippen LogP contribution < -0.4 is 11.5 Å². The number of nitrogen functional groups attached to an aromatic ring is 1. The molecule has 0 aliphatic heterocycles. The van der Waals surface area contributed by atoms with Crippen LogP contribution in [0, 0.1) is 0 Å². The SMILES string of the molecule is Cl.Cl.NCc1cnccc1N. The summed E-state index contributed by atoms with van der Waals surface area (Å²) in [5.41, 5.74) is 12.5. The minimum atomic E-state index is 0. The first-order chi connectivity index (χ1) is 4.34. The van der Waals surface area contributed by atoms with Gasteiger partial charge in [0.15, 0.2) is 0 Å². The van der Waals surface area contributed by atoms with Gasteiger partial charge in [0, 0.05) is 30.2 Å². The van der Waals surface area contributed by atoms with Gasteiger partial charge in [-0.15, -0.1) is 24.8 Å². The van der Waals surface area contributed by atoms with Gasteiger partial charge >= 0.3 is 0 Å². The molecule has 0 fully saturated rings. The summed E-state index contributed by atoms with van der Waals surface area (Å²) < 4.78 is 0. The largest absolute Gasteiger partial charge is 0.398 e. The lowest BCUT2D eigenvalue weighted by atomic mass is 10.2. The third-order valence-electron chi connectivity index (χ3n) is 1.16. The molecule has 0 saturated carbocycles. The zero-order valence-electron chi connectivity index (χ0n) is 5.86. The molecule has 1 rings (SSSR count). The fourth-order valence-corrected chi connectivity index (χ4v) is 0.608. The van der Waals surface area contributed by atoms with Gasteiger partial charge in [0.1, 0.15) is 0 Å². The number of nitrogens with zero attached hydrogens (tertiary/aromatic N) is 1. The molecule has 1 aromatic heterocycles. The van der Waals surface area contributed by atoms with Crippen LogP contribution in [-0.2, 0) is 6.54 Å². The van der Waals surface area contributed by atoms with Gasteiger partial charge in [-0.1, -0.05) is 0 Å². The first kappa shape index (κ1) is 13.1. The van der Waals surface area contributed by atoms with Crippen LogP contribution in [-0.4, -0.2) is 4.98 Å². The van der Waals surface area contributed by atoms with Crippen LogP contribution in [0.15, 0.2) is 18.5 Å². The molecule has 11 heavy (non-hydrogen) atoms. The molecular formula is C6H11Cl2N3. The molecule has 0 unspecified atom stereocenters. The molecule has 0 atom stereocenters. The number of nitrogens with two attached hydrogens (primary N) is 2. The zero-order chi connectivity index (χ0) is 6.69. The Kier molecular flexibility index (Phi) is 7.41. The number of rotatable bonds is 1. The van der Waals surface area contributed by atoms with Crippen LogP contribution in [0.3, 0.4) is 0 Å². The van der Waals surface area contributed by atoms with Gasteiger partial charge < -0.3 is 11.5 Å². The van der Waals surface area contributed by atoms with E-state index in [2.05, 4.69) is 4.98 Å². The van der Waals surface area contributed by atoms with E-state index in [1.807, 2.05) is 0 Å². The second-order valence-corrected chi connectivity index (χ2v) is 1.78. The Morgan fingerprint density at radius 2 is 2.00 bits per heavy atom. The zero-order valence-corrected chi connectivity index (χ0v) is 7.49. The number of anilines is 1. The smallest absolute Gasteiger partial charge is 0.0390 e. The van der Waals surface area contributed by atoms with Crippen LogP contribution >= 0.6 is 24.8 Å². The predicted molar refractivity (Wildman–Crippen MR) is 51.0 cm³/mol. The summed E-state index contributed by atoms with van der Waals surface area (Å²) >= 11 is 0. The molecule has 0 bridgehead atoms. The van der Waals surface area contributed by atoms with Gasteiger partial charge in [0.25, 0.3) is 0 Å². The number of hydrogen-bond donors (Lipinski definition) is 2. The van der Waals surface area contributed by atoms with Crippen molar-refractivity contribution in [3.05, 3.63) is 24.0 Å². The third-order valence-corrected chi connectivity index (χ3v) is 1.16. The average molecular weight is 196 g/mol. The Hall–Kier alpha value is -0.510. The van der Waals surface area contributed by atoms with Gasteiger partial charge in [-0.3, -0.25) is 4.98 Å². The molecule has 3 nitrogen and oxygen atoms in total. The Labute approximate surface area is 78.0 Å². The molecule has 0 saturated heterocycles. The van der Waals surface area contributed by atoms with Gasteiger partial charge in [-0.2, -0.15) is 0 Å². The molecule has 0 amide bonds. The molecule has 0 aliphatic rings. The maximum absolute atomic E-state index is 5.51. The van der Waals surface area contributed by atoms with Crippen LogP contribution in [0.25, 0.3) is 0 Å². The number of aromatic nitrogens is 1. The fourth-order valence-electron chi connectivity index (χ4n) is 0.608. The summed E-state index contributed by atoms with van der Waals surface area (Å²) in [5, 5.41) is 0. The highest BCUT2D eigenvalue weighted by Crippen LogP contribution is 2.05. The number of hydrogen-bond acceptors (Lipinski definition) is 3. The average Bonchev–Trinajstić information content (AvgIpc) is 1.89. The first-order valence-electron chi connectivity index (χ1n) is 2.73. The van der Waals surface area contributed by atoms with Gasteiger partial charge in [-0.25, -0.2) is 0 Å². The van der Waals surface area contributed by atoms with E-state index >= 15 is 0 Å². The van der Waals surface area contributed by atoms with E-state index in [1.54, 1.807) is 18.5 Å². The summed E-state index contributed by atoms with van der Waals surface area (Å²) in [5.74, 6) is 0. The van der Waals surface area contributed by atoms with E-state index in [1.165, 1.54) is 0 Å². The first-order valence-corrected chi connectivity index (χ1v) is 2.73. The van der Waals surface area contributed by atoms with Crippen molar-refractivity contribution >= 4 is 30.5 Å². The summed E-state index contributed by atoms with van der Waals surface area (Å²) in [6.07, 6.45) is 3.32. The molecule has 0 spiro atoms. The Morgan fingerprint density at radius 3 is 2.36 bits per heavy atom. The second-order valence-electron chi connectivity index (χ2n) is 1.78. The van der Waals surface area contributed by atoms with E-state index in [9.17, 15) is 0 Å². The molecule has 1 aromatic rings. The number of halogens is 2. The van der Waals surface area contributed by atoms with Crippen molar-refractivity contribution in [2.45, 2.75) is 6.54 Å². The molecule has 64 valence electrons. The lowest BCUT2D eigenvalue weighted by Gasteiger charge is -1.97. The van der Waals surface area contributed by atoms with Crippen molar-refractivity contribution in [3.8, 4) is 0 Å². The Balaban J connectivity index is 0. The van der Waals surface area contributed by atoms with Crippen molar-refractivity contribution in [1.29, 1.82) is 0 Å². The topological polar surface area (TPSA) is 64.9 Å². The predicted octanol–water partition coefficient (Wildman–Crippen LogP) is 0.966. The monoisotopic (exact) mass is 195 g/mol. The highest BCUT2D eigenvalue weighted by molar-refractivity contribution is 5.85. The summed E-state index contributed by atoms with van der Waals surface area (Å²) in [7, 11) is 0. The third kappa shape index (κ3) is 3.41. The van der Waals surface area contributed by atoms with Gasteiger partial charge in [0.2, 0.25) is 0 Å². The lowest BCUT2D eigenvalue weighted by Crippen LogP contribution is -2.01. The van der Waals surface area contributed by atoms with Gasteiger partial charge in [-0.05, 0) is 6.07 Å². The molecule has 4 N–H and O–H groups in total. The van der Waals surface area contributed by atoms with Crippen LogP contribution in [0.2, 0.25) is 0 Å². The van der Waals surface area contributed by atoms with Crippen LogP contribution in [0.5, 0.6) is 0 Å². The van der Waals surface area contributed by atoms with Crippen molar-refractivity contribution in [3.63, 3.8) is 0 Å². The van der Waals surface area contributed by atoms with Gasteiger partial charge in [0.05, 0.1) is 0 Å². The standard InChI is InChI=1S/C6H9N3.2ClH/c7-3-5-4-9-2-1-6(5)8;;/h1-2,4H,3,7H2,(H2,8,9);2*1H. The lowest BCUT2D eigenvalue weighted by molar-refractivity contribution is 1.05. The van der Waals surface area contributed by atoms with E-state index in [0.717, 1.165) is 5.56 Å². The maximum atomic E-state index is 5.51. The fraction of sp³-hybridized carbons (Fsp3) is 0.167. The molecule has 0 radical (unpaired) electrons. The van der Waals surface area contributed by atoms with Crippen molar-refractivity contribution in [1.82, 2.24) is 4.98 Å². The second kappa shape index (κ2) is 6.22. The molecular weight excluding hydrogens is 185 g/mol. The Morgan fingerprint density at radius 1 is 1.36 bits per heavy atom. The minimum Gasteiger partial charge on any atom is -0.398 e. The van der Waals surface area contributed by atoms with Crippen LogP contribution in [0.1, 0.15) is 5.56 Å². The molecule has 5 heteroatoms. The number of pyridine rings is 1. The normalized spacial score (nSPS) is 7.73.